The molecule has 2 aliphatic carbocycles. The average molecular weight is 411 g/mol. The number of rotatable bonds is 8. The Kier molecular flexibility index (Phi) is 6.06. The number of guanidine groups is 1. The van der Waals surface area contributed by atoms with Crippen molar-refractivity contribution in [3.8, 4) is 5.75 Å². The van der Waals surface area contributed by atoms with Crippen LogP contribution in [0.2, 0.25) is 0 Å². The maximum atomic E-state index is 12.7. The summed E-state index contributed by atoms with van der Waals surface area (Å²) in [5, 5.41) is 6.45. The van der Waals surface area contributed by atoms with Gasteiger partial charge in [0.05, 0.1) is 18.4 Å². The zero-order chi connectivity index (χ0) is 21.1. The highest BCUT2D eigenvalue weighted by Gasteiger charge is 2.58. The van der Waals surface area contributed by atoms with E-state index < -0.39 is 0 Å². The minimum atomic E-state index is -0.108. The number of allylic oxidation sites excluding steroid dienone is 2. The molecule has 7 heteroatoms. The lowest BCUT2D eigenvalue weighted by Crippen LogP contribution is -2.41. The number of hydrogen-bond acceptors (Lipinski definition) is 4. The molecule has 2 N–H and O–H groups in total. The van der Waals surface area contributed by atoms with Gasteiger partial charge in [0.2, 0.25) is 11.8 Å². The molecule has 0 spiro atoms. The first-order valence-corrected chi connectivity index (χ1v) is 10.8. The van der Waals surface area contributed by atoms with Gasteiger partial charge in [-0.3, -0.25) is 19.5 Å². The third-order valence-corrected chi connectivity index (χ3v) is 6.38. The maximum Gasteiger partial charge on any atom is 0.233 e. The van der Waals surface area contributed by atoms with E-state index in [-0.39, 0.29) is 35.5 Å². The summed E-state index contributed by atoms with van der Waals surface area (Å²) in [7, 11) is 1.72. The van der Waals surface area contributed by atoms with Gasteiger partial charge < -0.3 is 15.4 Å². The summed E-state index contributed by atoms with van der Waals surface area (Å²) in [6.07, 6.45) is 5.92. The van der Waals surface area contributed by atoms with Crippen LogP contribution in [0.15, 0.2) is 41.4 Å². The molecule has 1 saturated heterocycles. The van der Waals surface area contributed by atoms with Crippen LogP contribution in [0, 0.1) is 30.6 Å². The van der Waals surface area contributed by atoms with Crippen molar-refractivity contribution in [2.75, 3.05) is 33.3 Å². The number of nitrogens with zero attached hydrogens (tertiary/aromatic N) is 2. The van der Waals surface area contributed by atoms with Gasteiger partial charge in [-0.25, -0.2) is 0 Å². The lowest BCUT2D eigenvalue weighted by atomic mass is 9.85. The first kappa shape index (κ1) is 20.4. The number of ether oxygens (including phenoxy) is 1. The molecule has 4 rings (SSSR count). The smallest absolute Gasteiger partial charge is 0.233 e. The normalized spacial score (nSPS) is 27.0. The monoisotopic (exact) mass is 410 g/mol. The number of benzene rings is 1. The van der Waals surface area contributed by atoms with Crippen LogP contribution in [0.5, 0.6) is 5.75 Å². The van der Waals surface area contributed by atoms with Crippen molar-refractivity contribution >= 4 is 17.8 Å². The number of carbonyl (C=O) groups excluding carboxylic acids is 2. The minimum absolute atomic E-state index is 0.0257. The Balaban J connectivity index is 1.15. The maximum absolute atomic E-state index is 12.7. The fraction of sp³-hybridized carbons (Fsp3) is 0.522. The number of likely N-dealkylation sites (tertiary alicyclic amines) is 1. The largest absolute Gasteiger partial charge is 0.491 e. The molecule has 2 amide bonds. The zero-order valence-electron chi connectivity index (χ0n) is 17.6. The van der Waals surface area contributed by atoms with Gasteiger partial charge in [0.25, 0.3) is 0 Å². The number of imide groups is 1. The zero-order valence-corrected chi connectivity index (χ0v) is 17.6. The number of fused-ring (bicyclic) bond motifs is 5. The van der Waals surface area contributed by atoms with Crippen LogP contribution in [-0.2, 0) is 9.59 Å². The van der Waals surface area contributed by atoms with Crippen molar-refractivity contribution in [2.24, 2.45) is 28.7 Å². The predicted octanol–water partition coefficient (Wildman–Crippen LogP) is 1.74. The number of carbonyl (C=O) groups is 2. The van der Waals surface area contributed by atoms with E-state index >= 15 is 0 Å². The second-order valence-electron chi connectivity index (χ2n) is 8.22. The molecular formula is C23H30N4O3. The Bertz CT molecular complexity index is 836. The Morgan fingerprint density at radius 3 is 2.43 bits per heavy atom. The number of para-hydroxylation sites is 1. The second kappa shape index (κ2) is 8.90. The van der Waals surface area contributed by atoms with Crippen molar-refractivity contribution in [2.45, 2.75) is 19.8 Å². The van der Waals surface area contributed by atoms with E-state index in [1.54, 1.807) is 7.05 Å². The molecule has 4 unspecified atom stereocenters. The van der Waals surface area contributed by atoms with Gasteiger partial charge in [-0.2, -0.15) is 0 Å². The molecule has 0 radical (unpaired) electrons. The van der Waals surface area contributed by atoms with E-state index in [1.165, 1.54) is 4.90 Å². The van der Waals surface area contributed by atoms with Crippen molar-refractivity contribution in [3.05, 3.63) is 42.0 Å². The van der Waals surface area contributed by atoms with Crippen LogP contribution < -0.4 is 15.4 Å². The summed E-state index contributed by atoms with van der Waals surface area (Å²) in [4.78, 5) is 31.1. The fourth-order valence-corrected chi connectivity index (χ4v) is 4.90. The molecule has 1 aliphatic heterocycles. The highest BCUT2D eigenvalue weighted by Crippen LogP contribution is 2.52. The van der Waals surface area contributed by atoms with Gasteiger partial charge in [-0.15, -0.1) is 0 Å². The number of aliphatic imine (C=N–C) groups is 1. The first-order chi connectivity index (χ1) is 14.6. The van der Waals surface area contributed by atoms with E-state index in [2.05, 4.69) is 27.8 Å². The standard InChI is InChI=1S/C23H30N4O3/c1-15-6-3-4-7-18(15)30-13-11-26-23(24-2)25-10-5-12-27-21(28)19-16-8-9-17(14-16)20(19)22(27)29/h3-4,6-9,16-17,19-20H,5,10-14H2,1-2H3,(H2,24,25,26). The van der Waals surface area contributed by atoms with Crippen LogP contribution in [0.1, 0.15) is 18.4 Å². The quantitative estimate of drug-likeness (QED) is 0.224. The van der Waals surface area contributed by atoms with Crippen molar-refractivity contribution in [3.63, 3.8) is 0 Å². The summed E-state index contributed by atoms with van der Waals surface area (Å²) >= 11 is 0. The highest BCUT2D eigenvalue weighted by atomic mass is 16.5. The Labute approximate surface area is 177 Å². The molecule has 2 fully saturated rings. The number of amides is 2. The van der Waals surface area contributed by atoms with E-state index in [0.717, 1.165) is 17.7 Å². The van der Waals surface area contributed by atoms with E-state index in [1.807, 2.05) is 31.2 Å². The summed E-state index contributed by atoms with van der Waals surface area (Å²) in [6, 6.07) is 7.93. The predicted molar refractivity (Wildman–Crippen MR) is 115 cm³/mol. The van der Waals surface area contributed by atoms with Crippen molar-refractivity contribution in [1.29, 1.82) is 0 Å². The molecule has 1 saturated carbocycles. The topological polar surface area (TPSA) is 83.0 Å². The lowest BCUT2D eigenvalue weighted by Gasteiger charge is -2.18. The second-order valence-corrected chi connectivity index (χ2v) is 8.22. The van der Waals surface area contributed by atoms with Gasteiger partial charge in [0, 0.05) is 20.1 Å². The fourth-order valence-electron chi connectivity index (χ4n) is 4.90. The highest BCUT2D eigenvalue weighted by molar-refractivity contribution is 6.06. The summed E-state index contributed by atoms with van der Waals surface area (Å²) in [6.45, 7) is 4.27. The molecule has 0 aromatic heterocycles. The average Bonchev–Trinajstić information content (AvgIpc) is 3.43. The number of aryl methyl sites for hydroxylation is 1. The molecule has 1 heterocycles. The third-order valence-electron chi connectivity index (χ3n) is 6.38. The van der Waals surface area contributed by atoms with Gasteiger partial charge in [0.1, 0.15) is 12.4 Å². The Morgan fingerprint density at radius 1 is 1.10 bits per heavy atom. The Hall–Kier alpha value is -2.83. The molecule has 2 bridgehead atoms. The molecule has 30 heavy (non-hydrogen) atoms. The number of hydrogen-bond donors (Lipinski definition) is 2. The molecule has 4 atom stereocenters. The first-order valence-electron chi connectivity index (χ1n) is 10.8. The summed E-state index contributed by atoms with van der Waals surface area (Å²) in [5.41, 5.74) is 1.11. The summed E-state index contributed by atoms with van der Waals surface area (Å²) in [5.74, 6) is 1.94. The third kappa shape index (κ3) is 3.93. The van der Waals surface area contributed by atoms with Gasteiger partial charge in [-0.05, 0) is 43.2 Å². The number of nitrogens with one attached hydrogen (secondary N) is 2. The van der Waals surface area contributed by atoms with Crippen molar-refractivity contribution in [1.82, 2.24) is 15.5 Å². The van der Waals surface area contributed by atoms with Crippen LogP contribution in [0.25, 0.3) is 0 Å². The van der Waals surface area contributed by atoms with Crippen molar-refractivity contribution < 1.29 is 14.3 Å². The Morgan fingerprint density at radius 2 is 1.77 bits per heavy atom. The molecule has 160 valence electrons. The molecular weight excluding hydrogens is 380 g/mol. The minimum Gasteiger partial charge on any atom is -0.491 e. The van der Waals surface area contributed by atoms with Gasteiger partial charge in [-0.1, -0.05) is 30.4 Å². The van der Waals surface area contributed by atoms with Crippen LogP contribution >= 0.6 is 0 Å². The molecule has 7 nitrogen and oxygen atoms in total. The van der Waals surface area contributed by atoms with E-state index in [4.69, 9.17) is 4.74 Å². The summed E-state index contributed by atoms with van der Waals surface area (Å²) < 4.78 is 5.77. The van der Waals surface area contributed by atoms with E-state index in [0.29, 0.717) is 38.6 Å². The van der Waals surface area contributed by atoms with E-state index in [9.17, 15) is 9.59 Å². The van der Waals surface area contributed by atoms with Crippen LogP contribution in [-0.4, -0.2) is 56.0 Å². The van der Waals surface area contributed by atoms with Crippen LogP contribution in [0.3, 0.4) is 0 Å². The van der Waals surface area contributed by atoms with Crippen LogP contribution in [0.4, 0.5) is 0 Å². The molecule has 1 aromatic carbocycles. The lowest BCUT2D eigenvalue weighted by molar-refractivity contribution is -0.140. The van der Waals surface area contributed by atoms with Gasteiger partial charge >= 0.3 is 0 Å². The SMILES string of the molecule is CN=C(NCCCN1C(=O)C2C3C=CC(C3)C2C1=O)NCCOc1ccccc1C. The molecule has 3 aliphatic rings. The molecule has 1 aromatic rings. The van der Waals surface area contributed by atoms with Gasteiger partial charge in [0.15, 0.2) is 5.96 Å².